The number of rotatable bonds is 7. The number of aromatic nitrogens is 3. The lowest BCUT2D eigenvalue weighted by Gasteiger charge is -2.16. The van der Waals surface area contributed by atoms with Crippen LogP contribution in [0.5, 0.6) is 5.88 Å². The first-order chi connectivity index (χ1) is 18.4. The molecule has 1 aromatic rings. The van der Waals surface area contributed by atoms with Gasteiger partial charge in [-0.05, 0) is 42.7 Å². The Labute approximate surface area is 225 Å². The van der Waals surface area contributed by atoms with Crippen LogP contribution in [-0.2, 0) is 23.9 Å². The topological polar surface area (TPSA) is 162 Å². The third-order valence-corrected chi connectivity index (χ3v) is 5.56. The number of fused-ring (bicyclic) bond motifs is 1. The molecule has 1 aromatic carbocycles. The van der Waals surface area contributed by atoms with Crippen LogP contribution in [-0.4, -0.2) is 63.7 Å². The molecule has 1 atom stereocenters. The van der Waals surface area contributed by atoms with Gasteiger partial charge in [-0.1, -0.05) is 20.8 Å². The van der Waals surface area contributed by atoms with Crippen molar-refractivity contribution in [1.82, 2.24) is 19.9 Å². The molecule has 0 saturated carbocycles. The van der Waals surface area contributed by atoms with E-state index in [-0.39, 0.29) is 41.8 Å². The summed E-state index contributed by atoms with van der Waals surface area (Å²) in [5.74, 6) is 1.24. The summed E-state index contributed by atoms with van der Waals surface area (Å²) in [4.78, 5) is 56.6. The van der Waals surface area contributed by atoms with Crippen molar-refractivity contribution in [3.63, 3.8) is 0 Å². The van der Waals surface area contributed by atoms with E-state index in [1.54, 1.807) is 32.9 Å². The summed E-state index contributed by atoms with van der Waals surface area (Å²) in [6.07, 6.45) is 1.26. The van der Waals surface area contributed by atoms with Crippen LogP contribution in [0.2, 0.25) is 0 Å². The molecule has 0 unspecified atom stereocenters. The van der Waals surface area contributed by atoms with Crippen molar-refractivity contribution in [2.24, 2.45) is 5.41 Å². The van der Waals surface area contributed by atoms with E-state index < -0.39 is 29.3 Å². The number of carbonyl (C=O) groups is 4. The Balaban J connectivity index is 1.72. The summed E-state index contributed by atoms with van der Waals surface area (Å²) >= 11 is 0. The summed E-state index contributed by atoms with van der Waals surface area (Å²) in [5.41, 5.74) is 0.497. The molecule has 0 saturated heterocycles. The van der Waals surface area contributed by atoms with E-state index in [0.717, 1.165) is 0 Å². The number of hydrogen-bond donors (Lipinski definition) is 3. The highest BCUT2D eigenvalue weighted by Crippen LogP contribution is 2.31. The minimum Gasteiger partial charge on any atom is -0.493 e. The van der Waals surface area contributed by atoms with Crippen LogP contribution in [0.3, 0.4) is 0 Å². The van der Waals surface area contributed by atoms with Crippen molar-refractivity contribution in [1.29, 1.82) is 0 Å². The largest absolute Gasteiger partial charge is 0.493 e. The molecule has 39 heavy (non-hydrogen) atoms. The van der Waals surface area contributed by atoms with Crippen LogP contribution >= 0.6 is 0 Å². The third kappa shape index (κ3) is 7.32. The lowest BCUT2D eigenvalue weighted by atomic mass is 9.96. The van der Waals surface area contributed by atoms with Crippen LogP contribution in [0.1, 0.15) is 49.5 Å². The maximum absolute atomic E-state index is 12.6. The summed E-state index contributed by atoms with van der Waals surface area (Å²) in [6.45, 7) is 5.32. The van der Waals surface area contributed by atoms with Gasteiger partial charge in [-0.2, -0.15) is 0 Å². The minimum atomic E-state index is -1.02. The number of benzene rings is 1. The minimum absolute atomic E-state index is 0.0249. The molecule has 2 heterocycles. The van der Waals surface area contributed by atoms with Crippen molar-refractivity contribution >= 4 is 29.6 Å². The highest BCUT2D eigenvalue weighted by Gasteiger charge is 2.25. The lowest BCUT2D eigenvalue weighted by Crippen LogP contribution is -2.41. The summed E-state index contributed by atoms with van der Waals surface area (Å²) in [7, 11) is 2.42. The molecule has 0 spiro atoms. The predicted molar refractivity (Wildman–Crippen MR) is 140 cm³/mol. The Kier molecular flexibility index (Phi) is 8.88. The Morgan fingerprint density at radius 3 is 2.41 bits per heavy atom. The molecule has 12 nitrogen and oxygen atoms in total. The third-order valence-electron chi connectivity index (χ3n) is 5.56. The zero-order valence-electron chi connectivity index (χ0n) is 22.2. The number of ether oxygens (including phenoxy) is 2. The highest BCUT2D eigenvalue weighted by atomic mass is 16.5. The average Bonchev–Trinajstić information content (AvgIpc) is 3.33. The van der Waals surface area contributed by atoms with Crippen LogP contribution in [0.15, 0.2) is 36.7 Å². The first-order valence-corrected chi connectivity index (χ1v) is 11.9. The average molecular weight is 536 g/mol. The van der Waals surface area contributed by atoms with Gasteiger partial charge in [0.25, 0.3) is 5.91 Å². The number of amides is 2. The molecule has 2 aliphatic rings. The molecular formula is C27H29N5O7. The standard InChI is InChI=1S/C27H29N5O7/c1-27(2,3)26(37)31-20-14-18-22(30-20)28-15-32(24(18)35)13-12-16-6-8-17(9-7-16)23(34)29-19(25(36)39-5)10-11-21(33)38-4/h6-9,14-15,19,35H,10-11H2,1-5H3,(H,29,34)(H,31,37)/t19-/m0/s1. The number of esters is 2. The van der Waals surface area contributed by atoms with Crippen LogP contribution < -0.4 is 10.6 Å². The van der Waals surface area contributed by atoms with Gasteiger partial charge in [-0.15, -0.1) is 0 Å². The molecule has 0 radical (unpaired) electrons. The van der Waals surface area contributed by atoms with Crippen molar-refractivity contribution in [3.05, 3.63) is 47.8 Å². The monoisotopic (exact) mass is 535 g/mol. The second-order valence-electron chi connectivity index (χ2n) is 9.50. The summed E-state index contributed by atoms with van der Waals surface area (Å²) in [6, 6.07) is 9.49. The molecule has 204 valence electrons. The molecule has 3 N–H and O–H groups in total. The molecule has 3 rings (SSSR count). The Hall–Kier alpha value is -4.92. The van der Waals surface area contributed by atoms with Crippen molar-refractivity contribution < 1.29 is 33.8 Å². The van der Waals surface area contributed by atoms with Gasteiger partial charge in [-0.3, -0.25) is 14.4 Å². The number of nitrogens with one attached hydrogen (secondary N) is 2. The Morgan fingerprint density at radius 1 is 1.10 bits per heavy atom. The number of nitrogens with zero attached hydrogens (tertiary/aromatic N) is 3. The fourth-order valence-corrected chi connectivity index (χ4v) is 3.24. The van der Waals surface area contributed by atoms with Crippen LogP contribution in [0, 0.1) is 17.4 Å². The molecule has 0 aromatic heterocycles. The van der Waals surface area contributed by atoms with Gasteiger partial charge in [0.2, 0.25) is 11.8 Å². The Bertz CT molecular complexity index is 1410. The number of hydrogen-bond acceptors (Lipinski definition) is 9. The van der Waals surface area contributed by atoms with Crippen molar-refractivity contribution in [2.75, 3.05) is 19.5 Å². The maximum atomic E-state index is 12.6. The second kappa shape index (κ2) is 12.1. The number of aromatic hydroxyl groups is 1. The first kappa shape index (κ1) is 28.6. The Morgan fingerprint density at radius 2 is 1.79 bits per heavy atom. The van der Waals surface area contributed by atoms with Gasteiger partial charge >= 0.3 is 11.9 Å². The molecule has 2 amide bonds. The van der Waals surface area contributed by atoms with Gasteiger partial charge in [0.15, 0.2) is 5.82 Å². The van der Waals surface area contributed by atoms with E-state index in [1.165, 1.54) is 43.3 Å². The van der Waals surface area contributed by atoms with Gasteiger partial charge in [0.05, 0.1) is 19.8 Å². The van der Waals surface area contributed by atoms with E-state index in [4.69, 9.17) is 4.74 Å². The molecular weight excluding hydrogens is 506 g/mol. The zero-order chi connectivity index (χ0) is 28.7. The number of methoxy groups -OCH3 is 2. The molecule has 2 aliphatic heterocycles. The fraction of sp³-hybridized carbons (Fsp3) is 0.333. The molecule has 0 bridgehead atoms. The van der Waals surface area contributed by atoms with Gasteiger partial charge < -0.3 is 25.2 Å². The quantitative estimate of drug-likeness (QED) is 0.304. The molecule has 12 heteroatoms. The number of anilines is 1. The van der Waals surface area contributed by atoms with E-state index in [1.807, 2.05) is 0 Å². The van der Waals surface area contributed by atoms with Crippen LogP contribution in [0.25, 0.3) is 11.4 Å². The SMILES string of the molecule is COC(=O)CC[C@H](NC(=O)c1ccc(C#Cn2cnc3nc(NC(=O)C(C)(C)C)cc-3c2O)cc1)C(=O)OC. The lowest BCUT2D eigenvalue weighted by molar-refractivity contribution is -0.144. The zero-order valence-corrected chi connectivity index (χ0v) is 22.2. The van der Waals surface area contributed by atoms with Gasteiger partial charge in [-0.25, -0.2) is 19.3 Å². The van der Waals surface area contributed by atoms with E-state index in [2.05, 4.69) is 37.3 Å². The smallest absolute Gasteiger partial charge is 0.328 e. The maximum Gasteiger partial charge on any atom is 0.328 e. The number of carbonyl (C=O) groups excluding carboxylic acids is 4. The fourth-order valence-electron chi connectivity index (χ4n) is 3.24. The van der Waals surface area contributed by atoms with E-state index in [9.17, 15) is 24.3 Å². The van der Waals surface area contributed by atoms with Crippen LogP contribution in [0.4, 0.5) is 5.82 Å². The van der Waals surface area contributed by atoms with Crippen molar-refractivity contribution in [3.8, 4) is 29.2 Å². The first-order valence-electron chi connectivity index (χ1n) is 11.9. The second-order valence-corrected chi connectivity index (χ2v) is 9.50. The summed E-state index contributed by atoms with van der Waals surface area (Å²) in [5, 5.41) is 15.9. The van der Waals surface area contributed by atoms with Gasteiger partial charge in [0.1, 0.15) is 18.2 Å². The van der Waals surface area contributed by atoms with E-state index in [0.29, 0.717) is 11.1 Å². The van der Waals surface area contributed by atoms with E-state index >= 15 is 0 Å². The molecule has 0 aliphatic carbocycles. The summed E-state index contributed by atoms with van der Waals surface area (Å²) < 4.78 is 10.5. The predicted octanol–water partition coefficient (Wildman–Crippen LogP) is 2.15. The highest BCUT2D eigenvalue weighted by molar-refractivity contribution is 5.97. The van der Waals surface area contributed by atoms with Crippen molar-refractivity contribution in [2.45, 2.75) is 39.7 Å². The van der Waals surface area contributed by atoms with Gasteiger partial charge in [0, 0.05) is 29.0 Å². The molecule has 0 fully saturated rings. The normalized spacial score (nSPS) is 11.6.